The lowest BCUT2D eigenvalue weighted by molar-refractivity contribution is -0.137. The van der Waals surface area contributed by atoms with Gasteiger partial charge >= 0.3 is 6.18 Å². The van der Waals surface area contributed by atoms with Crippen molar-refractivity contribution in [1.29, 1.82) is 0 Å². The molecule has 0 radical (unpaired) electrons. The summed E-state index contributed by atoms with van der Waals surface area (Å²) in [6, 6.07) is 8.02. The number of aromatic nitrogens is 1. The molecule has 2 aromatic rings. The predicted octanol–water partition coefficient (Wildman–Crippen LogP) is 3.86. The Morgan fingerprint density at radius 1 is 1.10 bits per heavy atom. The second-order valence-corrected chi connectivity index (χ2v) is 7.92. The molecule has 0 atom stereocenters. The van der Waals surface area contributed by atoms with Crippen LogP contribution in [0.5, 0.6) is 0 Å². The Kier molecular flexibility index (Phi) is 5.60. The highest BCUT2D eigenvalue weighted by molar-refractivity contribution is 5.97. The smallest absolute Gasteiger partial charge is 0.357 e. The van der Waals surface area contributed by atoms with Crippen molar-refractivity contribution >= 4 is 29.0 Å². The number of halogens is 3. The minimum absolute atomic E-state index is 0.0218. The molecule has 0 aliphatic carbocycles. The van der Waals surface area contributed by atoms with E-state index in [1.54, 1.807) is 4.90 Å². The fraction of sp³-hybridized carbons (Fsp3) is 0.409. The van der Waals surface area contributed by atoms with E-state index in [9.17, 15) is 22.8 Å². The fourth-order valence-electron chi connectivity index (χ4n) is 4.14. The lowest BCUT2D eigenvalue weighted by atomic mass is 9.95. The lowest BCUT2D eigenvalue weighted by Gasteiger charge is -2.32. The van der Waals surface area contributed by atoms with E-state index in [0.29, 0.717) is 44.0 Å². The van der Waals surface area contributed by atoms with Gasteiger partial charge in [-0.05, 0) is 49.1 Å². The van der Waals surface area contributed by atoms with Crippen molar-refractivity contribution in [2.24, 2.45) is 5.92 Å². The maximum Gasteiger partial charge on any atom is 0.417 e. The van der Waals surface area contributed by atoms with Crippen LogP contribution in [-0.2, 0) is 22.2 Å². The molecule has 2 aliphatic rings. The van der Waals surface area contributed by atoms with Crippen LogP contribution in [0.15, 0.2) is 36.5 Å². The summed E-state index contributed by atoms with van der Waals surface area (Å²) < 4.78 is 38.1. The van der Waals surface area contributed by atoms with Crippen LogP contribution >= 0.6 is 0 Å². The highest BCUT2D eigenvalue weighted by atomic mass is 19.4. The summed E-state index contributed by atoms with van der Waals surface area (Å²) in [6.07, 6.45) is -1.60. The summed E-state index contributed by atoms with van der Waals surface area (Å²) in [5.41, 5.74) is 1.81. The highest BCUT2D eigenvalue weighted by Crippen LogP contribution is 2.32. The van der Waals surface area contributed by atoms with Gasteiger partial charge in [0.25, 0.3) is 0 Å². The molecular weight excluding hydrogens is 409 g/mol. The lowest BCUT2D eigenvalue weighted by Crippen LogP contribution is -2.38. The first kappa shape index (κ1) is 21.1. The molecule has 4 rings (SSSR count). The van der Waals surface area contributed by atoms with Crippen LogP contribution < -0.4 is 15.1 Å². The van der Waals surface area contributed by atoms with Gasteiger partial charge in [0.15, 0.2) is 0 Å². The third-order valence-corrected chi connectivity index (χ3v) is 5.89. The number of hydrogen-bond acceptors (Lipinski definition) is 4. The normalized spacial score (nSPS) is 16.9. The van der Waals surface area contributed by atoms with E-state index in [-0.39, 0.29) is 17.7 Å². The van der Waals surface area contributed by atoms with Crippen LogP contribution in [0.3, 0.4) is 0 Å². The third-order valence-electron chi connectivity index (χ3n) is 5.89. The van der Waals surface area contributed by atoms with Crippen molar-refractivity contribution in [3.05, 3.63) is 47.7 Å². The largest absolute Gasteiger partial charge is 0.417 e. The average molecular weight is 432 g/mol. The van der Waals surface area contributed by atoms with Crippen LogP contribution in [0, 0.1) is 5.92 Å². The highest BCUT2D eigenvalue weighted by Gasteiger charge is 2.31. The van der Waals surface area contributed by atoms with E-state index in [4.69, 9.17) is 0 Å². The van der Waals surface area contributed by atoms with Crippen molar-refractivity contribution in [3.8, 4) is 0 Å². The predicted molar refractivity (Wildman–Crippen MR) is 111 cm³/mol. The number of fused-ring (bicyclic) bond motifs is 1. The number of benzene rings is 1. The topological polar surface area (TPSA) is 65.5 Å². The van der Waals surface area contributed by atoms with Gasteiger partial charge in [0, 0.05) is 50.0 Å². The second-order valence-electron chi connectivity index (χ2n) is 7.92. The molecule has 1 saturated heterocycles. The van der Waals surface area contributed by atoms with Gasteiger partial charge in [-0.25, -0.2) is 4.98 Å². The van der Waals surface area contributed by atoms with E-state index < -0.39 is 11.7 Å². The van der Waals surface area contributed by atoms with E-state index in [2.05, 4.69) is 10.3 Å². The summed E-state index contributed by atoms with van der Waals surface area (Å²) in [4.78, 5) is 32.0. The van der Waals surface area contributed by atoms with Crippen molar-refractivity contribution < 1.29 is 22.8 Å². The van der Waals surface area contributed by atoms with Crippen LogP contribution in [0.2, 0.25) is 0 Å². The Hall–Kier alpha value is -3.10. The number of carbonyl (C=O) groups excluding carboxylic acids is 2. The van der Waals surface area contributed by atoms with E-state index in [1.807, 2.05) is 23.1 Å². The molecule has 1 N–H and O–H groups in total. The number of carbonyl (C=O) groups is 2. The summed E-state index contributed by atoms with van der Waals surface area (Å²) in [5.74, 6) is 0.177. The molecule has 0 bridgehead atoms. The van der Waals surface area contributed by atoms with Crippen molar-refractivity contribution in [1.82, 2.24) is 4.98 Å². The first-order chi connectivity index (χ1) is 14.7. The number of nitrogens with zero attached hydrogens (tertiary/aromatic N) is 3. The minimum atomic E-state index is -4.41. The molecule has 164 valence electrons. The van der Waals surface area contributed by atoms with Gasteiger partial charge in [-0.1, -0.05) is 6.07 Å². The third kappa shape index (κ3) is 4.50. The molecule has 1 aromatic heterocycles. The Balaban J connectivity index is 1.35. The van der Waals surface area contributed by atoms with E-state index in [1.165, 1.54) is 13.0 Å². The zero-order valence-electron chi connectivity index (χ0n) is 17.1. The average Bonchev–Trinajstić information content (AvgIpc) is 3.17. The second kappa shape index (κ2) is 8.20. The number of piperidine rings is 1. The number of alkyl halides is 3. The number of anilines is 3. The van der Waals surface area contributed by atoms with Crippen molar-refractivity contribution in [2.75, 3.05) is 34.8 Å². The molecule has 6 nitrogen and oxygen atoms in total. The van der Waals surface area contributed by atoms with Crippen molar-refractivity contribution in [2.45, 2.75) is 32.4 Å². The van der Waals surface area contributed by atoms with Crippen LogP contribution in [0.25, 0.3) is 0 Å². The molecule has 1 fully saturated rings. The number of rotatable bonds is 3. The van der Waals surface area contributed by atoms with E-state index in [0.717, 1.165) is 29.9 Å². The molecule has 0 saturated carbocycles. The first-order valence-corrected chi connectivity index (χ1v) is 10.2. The molecule has 0 spiro atoms. The van der Waals surface area contributed by atoms with Gasteiger partial charge in [0.05, 0.1) is 5.56 Å². The van der Waals surface area contributed by atoms with Gasteiger partial charge in [0.1, 0.15) is 5.82 Å². The number of nitrogens with one attached hydrogen (secondary N) is 1. The number of amides is 2. The number of hydrogen-bond donors (Lipinski definition) is 1. The molecule has 3 heterocycles. The van der Waals surface area contributed by atoms with Gasteiger partial charge in [-0.15, -0.1) is 0 Å². The Morgan fingerprint density at radius 2 is 1.84 bits per heavy atom. The maximum absolute atomic E-state index is 12.7. The Labute approximate surface area is 178 Å². The van der Waals surface area contributed by atoms with Gasteiger partial charge in [-0.3, -0.25) is 9.59 Å². The number of pyridine rings is 1. The molecule has 31 heavy (non-hydrogen) atoms. The monoisotopic (exact) mass is 432 g/mol. The molecule has 9 heteroatoms. The van der Waals surface area contributed by atoms with Gasteiger partial charge in [0.2, 0.25) is 11.8 Å². The molecule has 2 amide bonds. The zero-order valence-corrected chi connectivity index (χ0v) is 17.1. The maximum atomic E-state index is 12.7. The van der Waals surface area contributed by atoms with Gasteiger partial charge < -0.3 is 15.1 Å². The van der Waals surface area contributed by atoms with E-state index >= 15 is 0 Å². The minimum Gasteiger partial charge on any atom is -0.357 e. The van der Waals surface area contributed by atoms with Crippen LogP contribution in [0.4, 0.5) is 30.4 Å². The summed E-state index contributed by atoms with van der Waals surface area (Å²) in [6.45, 7) is 3.26. The standard InChI is InChI=1S/C22H23F3N4O2/c1-14(30)29-11-8-15-2-4-18(12-19(15)29)27-21(31)16-6-9-28(10-7-16)20-5-3-17(13-26-20)22(23,24)25/h2-5,12-13,16H,6-11H2,1H3,(H,27,31). The molecular formula is C22H23F3N4O2. The Bertz CT molecular complexity index is 983. The summed E-state index contributed by atoms with van der Waals surface area (Å²) in [7, 11) is 0. The van der Waals surface area contributed by atoms with Crippen molar-refractivity contribution in [3.63, 3.8) is 0 Å². The fourth-order valence-corrected chi connectivity index (χ4v) is 4.14. The zero-order chi connectivity index (χ0) is 22.2. The summed E-state index contributed by atoms with van der Waals surface area (Å²) in [5, 5.41) is 2.94. The summed E-state index contributed by atoms with van der Waals surface area (Å²) >= 11 is 0. The first-order valence-electron chi connectivity index (χ1n) is 10.2. The van der Waals surface area contributed by atoms with Crippen LogP contribution in [0.1, 0.15) is 30.9 Å². The molecule has 1 aromatic carbocycles. The van der Waals surface area contributed by atoms with Crippen LogP contribution in [-0.4, -0.2) is 36.4 Å². The molecule has 2 aliphatic heterocycles. The quantitative estimate of drug-likeness (QED) is 0.800. The Morgan fingerprint density at radius 3 is 2.45 bits per heavy atom. The molecule has 0 unspecified atom stereocenters. The SMILES string of the molecule is CC(=O)N1CCc2ccc(NC(=O)C3CCN(c4ccc(C(F)(F)F)cn4)CC3)cc21. The van der Waals surface area contributed by atoms with Gasteiger partial charge in [-0.2, -0.15) is 13.2 Å².